The number of fused-ring (bicyclic) bond motifs is 1. The molecular formula is C26H24N8O. The van der Waals surface area contributed by atoms with Gasteiger partial charge in [0.1, 0.15) is 5.65 Å². The van der Waals surface area contributed by atoms with Crippen LogP contribution in [0.3, 0.4) is 0 Å². The second-order valence-electron chi connectivity index (χ2n) is 8.59. The van der Waals surface area contributed by atoms with Gasteiger partial charge in [0.2, 0.25) is 5.91 Å². The third-order valence-electron chi connectivity index (χ3n) is 6.39. The molecule has 9 heteroatoms. The molecule has 35 heavy (non-hydrogen) atoms. The lowest BCUT2D eigenvalue weighted by Gasteiger charge is -2.32. The third kappa shape index (κ3) is 4.23. The molecule has 1 N–H and O–H groups in total. The number of benzene rings is 1. The Bertz CT molecular complexity index is 1420. The first-order valence-corrected chi connectivity index (χ1v) is 11.7. The van der Waals surface area contributed by atoms with Gasteiger partial charge in [0.05, 0.1) is 11.4 Å². The van der Waals surface area contributed by atoms with Gasteiger partial charge < -0.3 is 14.6 Å². The zero-order valence-electron chi connectivity index (χ0n) is 19.0. The highest BCUT2D eigenvalue weighted by molar-refractivity contribution is 5.96. The molecule has 1 fully saturated rings. The second kappa shape index (κ2) is 9.02. The van der Waals surface area contributed by atoms with Crippen molar-refractivity contribution in [3.63, 3.8) is 0 Å². The van der Waals surface area contributed by atoms with Gasteiger partial charge in [-0.15, -0.1) is 10.2 Å². The molecule has 5 heterocycles. The lowest BCUT2D eigenvalue weighted by Crippen LogP contribution is -2.38. The summed E-state index contributed by atoms with van der Waals surface area (Å²) < 4.78 is 3.66. The molecule has 1 aliphatic rings. The number of rotatable bonds is 5. The molecule has 0 aliphatic carbocycles. The van der Waals surface area contributed by atoms with E-state index in [-0.39, 0.29) is 11.8 Å². The van der Waals surface area contributed by atoms with E-state index in [9.17, 15) is 4.79 Å². The Labute approximate surface area is 202 Å². The van der Waals surface area contributed by atoms with Crippen LogP contribution in [0.1, 0.15) is 12.8 Å². The zero-order chi connectivity index (χ0) is 23.6. The van der Waals surface area contributed by atoms with Gasteiger partial charge in [-0.05, 0) is 49.2 Å². The summed E-state index contributed by atoms with van der Waals surface area (Å²) in [7, 11) is 0. The SMILES string of the molecule is O=C(Nc1ccccc1-c1cn2ccccc2n1)C1CCN(c2ccc(-n3cccn3)nn2)CC1. The van der Waals surface area contributed by atoms with E-state index in [0.29, 0.717) is 5.82 Å². The number of pyridine rings is 1. The predicted octanol–water partition coefficient (Wildman–Crippen LogP) is 3.83. The maximum Gasteiger partial charge on any atom is 0.227 e. The molecule has 0 radical (unpaired) electrons. The summed E-state index contributed by atoms with van der Waals surface area (Å²) in [5.74, 6) is 1.48. The molecule has 0 unspecified atom stereocenters. The van der Waals surface area contributed by atoms with E-state index in [0.717, 1.165) is 54.3 Å². The molecule has 5 aromatic rings. The van der Waals surface area contributed by atoms with Crippen LogP contribution in [0.5, 0.6) is 0 Å². The number of aromatic nitrogens is 6. The average Bonchev–Trinajstić information content (AvgIpc) is 3.60. The number of hydrogen-bond donors (Lipinski definition) is 1. The molecule has 6 rings (SSSR count). The minimum atomic E-state index is -0.0586. The van der Waals surface area contributed by atoms with E-state index in [1.807, 2.05) is 83.7 Å². The highest BCUT2D eigenvalue weighted by Crippen LogP contribution is 2.29. The van der Waals surface area contributed by atoms with Gasteiger partial charge in [0.25, 0.3) is 0 Å². The van der Waals surface area contributed by atoms with E-state index in [2.05, 4.69) is 25.5 Å². The predicted molar refractivity (Wildman–Crippen MR) is 133 cm³/mol. The van der Waals surface area contributed by atoms with Crippen LogP contribution in [-0.2, 0) is 4.79 Å². The first kappa shape index (κ1) is 21.0. The molecule has 0 atom stereocenters. The molecule has 1 amide bonds. The van der Waals surface area contributed by atoms with Crippen molar-refractivity contribution in [2.75, 3.05) is 23.3 Å². The third-order valence-corrected chi connectivity index (χ3v) is 6.39. The number of amides is 1. The summed E-state index contributed by atoms with van der Waals surface area (Å²) in [5, 5.41) is 16.0. The number of piperidine rings is 1. The lowest BCUT2D eigenvalue weighted by atomic mass is 9.95. The van der Waals surface area contributed by atoms with Crippen LogP contribution in [0.15, 0.2) is 85.5 Å². The largest absolute Gasteiger partial charge is 0.355 e. The van der Waals surface area contributed by atoms with E-state index in [1.165, 1.54) is 0 Å². The topological polar surface area (TPSA) is 93.2 Å². The van der Waals surface area contributed by atoms with Crippen molar-refractivity contribution in [1.82, 2.24) is 29.4 Å². The lowest BCUT2D eigenvalue weighted by molar-refractivity contribution is -0.120. The first-order chi connectivity index (χ1) is 17.2. The number of carbonyl (C=O) groups excluding carboxylic acids is 1. The van der Waals surface area contributed by atoms with Crippen LogP contribution in [0.2, 0.25) is 0 Å². The fraction of sp³-hybridized carbons (Fsp3) is 0.192. The quantitative estimate of drug-likeness (QED) is 0.425. The van der Waals surface area contributed by atoms with Crippen LogP contribution < -0.4 is 10.2 Å². The molecule has 0 bridgehead atoms. The van der Waals surface area contributed by atoms with Crippen LogP contribution in [0.4, 0.5) is 11.5 Å². The Hall–Kier alpha value is -4.53. The van der Waals surface area contributed by atoms with Gasteiger partial charge in [-0.25, -0.2) is 9.67 Å². The van der Waals surface area contributed by atoms with E-state index >= 15 is 0 Å². The fourth-order valence-corrected chi connectivity index (χ4v) is 4.50. The van der Waals surface area contributed by atoms with Crippen molar-refractivity contribution >= 4 is 23.1 Å². The smallest absolute Gasteiger partial charge is 0.227 e. The van der Waals surface area contributed by atoms with Crippen molar-refractivity contribution in [2.45, 2.75) is 12.8 Å². The van der Waals surface area contributed by atoms with E-state index in [1.54, 1.807) is 10.9 Å². The van der Waals surface area contributed by atoms with E-state index < -0.39 is 0 Å². The highest BCUT2D eigenvalue weighted by atomic mass is 16.1. The molecule has 1 aromatic carbocycles. The van der Waals surface area contributed by atoms with Crippen molar-refractivity contribution in [3.05, 3.63) is 85.5 Å². The molecule has 174 valence electrons. The van der Waals surface area contributed by atoms with Crippen LogP contribution in [-0.4, -0.2) is 48.4 Å². The Morgan fingerprint density at radius 1 is 0.886 bits per heavy atom. The molecule has 0 saturated carbocycles. The summed E-state index contributed by atoms with van der Waals surface area (Å²) in [4.78, 5) is 20.0. The van der Waals surface area contributed by atoms with Gasteiger partial charge in [-0.2, -0.15) is 5.10 Å². The summed E-state index contributed by atoms with van der Waals surface area (Å²) in [6, 6.07) is 19.4. The summed E-state index contributed by atoms with van der Waals surface area (Å²) in [6.45, 7) is 1.50. The average molecular weight is 465 g/mol. The molecule has 1 aliphatic heterocycles. The number of nitrogens with zero attached hydrogens (tertiary/aromatic N) is 7. The normalized spacial score (nSPS) is 14.3. The molecule has 4 aromatic heterocycles. The number of imidazole rings is 1. The van der Waals surface area contributed by atoms with Crippen LogP contribution in [0.25, 0.3) is 22.7 Å². The monoisotopic (exact) mass is 464 g/mol. The number of anilines is 2. The van der Waals surface area contributed by atoms with Crippen molar-refractivity contribution in [3.8, 4) is 17.1 Å². The first-order valence-electron chi connectivity index (χ1n) is 11.7. The van der Waals surface area contributed by atoms with Crippen molar-refractivity contribution in [2.24, 2.45) is 5.92 Å². The van der Waals surface area contributed by atoms with Gasteiger partial charge in [0.15, 0.2) is 11.6 Å². The molecule has 0 spiro atoms. The summed E-state index contributed by atoms with van der Waals surface area (Å²) in [5.41, 5.74) is 3.40. The Morgan fingerprint density at radius 3 is 2.46 bits per heavy atom. The zero-order valence-corrected chi connectivity index (χ0v) is 19.0. The van der Waals surface area contributed by atoms with Crippen LogP contribution >= 0.6 is 0 Å². The van der Waals surface area contributed by atoms with Gasteiger partial charge >= 0.3 is 0 Å². The van der Waals surface area contributed by atoms with Gasteiger partial charge in [-0.1, -0.05) is 24.3 Å². The highest BCUT2D eigenvalue weighted by Gasteiger charge is 2.26. The maximum absolute atomic E-state index is 13.1. The number of para-hydroxylation sites is 1. The minimum absolute atomic E-state index is 0.0426. The number of nitrogens with one attached hydrogen (secondary N) is 1. The fourth-order valence-electron chi connectivity index (χ4n) is 4.50. The van der Waals surface area contributed by atoms with Crippen molar-refractivity contribution < 1.29 is 4.79 Å². The Kier molecular flexibility index (Phi) is 5.42. The maximum atomic E-state index is 13.1. The number of hydrogen-bond acceptors (Lipinski definition) is 6. The summed E-state index contributed by atoms with van der Waals surface area (Å²) >= 11 is 0. The van der Waals surface area contributed by atoms with Gasteiger partial charge in [-0.3, -0.25) is 4.79 Å². The molecule has 1 saturated heterocycles. The standard InChI is InChI=1S/C26H24N8O/c35-26(29-21-7-2-1-6-20(21)22-18-33-14-4-3-8-23(33)28-22)19-11-16-32(17-12-19)24-9-10-25(31-30-24)34-15-5-13-27-34/h1-10,13-15,18-19H,11-12,16-17H2,(H,29,35). The Balaban J connectivity index is 1.11. The van der Waals surface area contributed by atoms with Crippen LogP contribution in [0, 0.1) is 5.92 Å². The van der Waals surface area contributed by atoms with Gasteiger partial charge in [0, 0.05) is 49.4 Å². The molecular weight excluding hydrogens is 440 g/mol. The second-order valence-corrected chi connectivity index (χ2v) is 8.59. The van der Waals surface area contributed by atoms with Crippen molar-refractivity contribution in [1.29, 1.82) is 0 Å². The van der Waals surface area contributed by atoms with E-state index in [4.69, 9.17) is 4.98 Å². The minimum Gasteiger partial charge on any atom is -0.355 e. The summed E-state index contributed by atoms with van der Waals surface area (Å²) in [6.07, 6.45) is 9.01. The molecule has 9 nitrogen and oxygen atoms in total. The Morgan fingerprint density at radius 2 is 1.69 bits per heavy atom. The number of carbonyl (C=O) groups is 1.